The Morgan fingerprint density at radius 2 is 2.35 bits per heavy atom. The summed E-state index contributed by atoms with van der Waals surface area (Å²) in [5.41, 5.74) is 0.785. The number of rotatable bonds is 4. The Balaban J connectivity index is 2.65. The molecule has 5 heteroatoms. The molecule has 1 unspecified atom stereocenters. The van der Waals surface area contributed by atoms with Gasteiger partial charge in [0.25, 0.3) is 5.91 Å². The summed E-state index contributed by atoms with van der Waals surface area (Å²) >= 11 is 5.82. The van der Waals surface area contributed by atoms with Crippen LogP contribution >= 0.6 is 11.6 Å². The molecule has 1 aromatic heterocycles. The Labute approximate surface area is 106 Å². The maximum atomic E-state index is 11.9. The zero-order valence-corrected chi connectivity index (χ0v) is 10.6. The van der Waals surface area contributed by atoms with Crippen molar-refractivity contribution in [1.82, 2.24) is 9.88 Å². The molecule has 1 amide bonds. The van der Waals surface area contributed by atoms with Crippen LogP contribution in [0.4, 0.5) is 0 Å². The van der Waals surface area contributed by atoms with Gasteiger partial charge in [0.05, 0.1) is 5.56 Å². The highest BCUT2D eigenvalue weighted by Crippen LogP contribution is 2.05. The summed E-state index contributed by atoms with van der Waals surface area (Å²) in [6, 6.07) is 5.10. The number of carbonyl (C=O) groups excluding carboxylic acids is 1. The number of hydrogen-bond donors (Lipinski definition) is 0. The first kappa shape index (κ1) is 13.5. The Bertz CT molecular complexity index is 422. The molecular formula is C12H14ClN3O. The SMILES string of the molecule is CC(Cl)CCN(C)C(=O)c1ccc(C#N)cn1. The van der Waals surface area contributed by atoms with Crippen molar-refractivity contribution in [3.05, 3.63) is 29.6 Å². The zero-order chi connectivity index (χ0) is 12.8. The summed E-state index contributed by atoms with van der Waals surface area (Å²) in [5, 5.41) is 8.66. The van der Waals surface area contributed by atoms with Gasteiger partial charge in [0.1, 0.15) is 11.8 Å². The molecule has 0 saturated carbocycles. The number of amides is 1. The predicted molar refractivity (Wildman–Crippen MR) is 65.8 cm³/mol. The van der Waals surface area contributed by atoms with E-state index in [9.17, 15) is 4.79 Å². The lowest BCUT2D eigenvalue weighted by Crippen LogP contribution is -2.29. The Morgan fingerprint density at radius 3 is 2.82 bits per heavy atom. The molecular weight excluding hydrogens is 238 g/mol. The highest BCUT2D eigenvalue weighted by molar-refractivity contribution is 6.20. The van der Waals surface area contributed by atoms with E-state index in [4.69, 9.17) is 16.9 Å². The maximum absolute atomic E-state index is 11.9. The molecule has 0 saturated heterocycles. The van der Waals surface area contributed by atoms with Gasteiger partial charge in [0.2, 0.25) is 0 Å². The van der Waals surface area contributed by atoms with Crippen LogP contribution in [0.15, 0.2) is 18.3 Å². The van der Waals surface area contributed by atoms with Gasteiger partial charge >= 0.3 is 0 Å². The van der Waals surface area contributed by atoms with Crippen molar-refractivity contribution in [1.29, 1.82) is 5.26 Å². The molecule has 0 N–H and O–H groups in total. The smallest absolute Gasteiger partial charge is 0.272 e. The van der Waals surface area contributed by atoms with Gasteiger partial charge in [-0.2, -0.15) is 5.26 Å². The average molecular weight is 252 g/mol. The first-order chi connectivity index (χ1) is 8.04. The fourth-order valence-electron chi connectivity index (χ4n) is 1.26. The highest BCUT2D eigenvalue weighted by Gasteiger charge is 2.13. The Kier molecular flexibility index (Phi) is 4.92. The van der Waals surface area contributed by atoms with Gasteiger partial charge in [-0.05, 0) is 25.5 Å². The number of aromatic nitrogens is 1. The fraction of sp³-hybridized carbons (Fsp3) is 0.417. The lowest BCUT2D eigenvalue weighted by Gasteiger charge is -2.17. The molecule has 0 aromatic carbocycles. The summed E-state index contributed by atoms with van der Waals surface area (Å²) in [7, 11) is 1.71. The van der Waals surface area contributed by atoms with E-state index in [2.05, 4.69) is 4.98 Å². The van der Waals surface area contributed by atoms with E-state index < -0.39 is 0 Å². The number of halogens is 1. The topological polar surface area (TPSA) is 57.0 Å². The third-order valence-corrected chi connectivity index (χ3v) is 2.54. The Morgan fingerprint density at radius 1 is 1.65 bits per heavy atom. The molecule has 1 rings (SSSR count). The van der Waals surface area contributed by atoms with Crippen LogP contribution in [0.2, 0.25) is 0 Å². The standard InChI is InChI=1S/C12H14ClN3O/c1-9(13)5-6-16(2)12(17)11-4-3-10(7-14)8-15-11/h3-4,8-9H,5-6H2,1-2H3. The first-order valence-electron chi connectivity index (χ1n) is 5.30. The first-order valence-corrected chi connectivity index (χ1v) is 5.74. The van der Waals surface area contributed by atoms with Crippen molar-refractivity contribution < 1.29 is 4.79 Å². The van der Waals surface area contributed by atoms with Crippen molar-refractivity contribution in [2.75, 3.05) is 13.6 Å². The number of carbonyl (C=O) groups is 1. The molecule has 17 heavy (non-hydrogen) atoms. The number of nitriles is 1. The van der Waals surface area contributed by atoms with Gasteiger partial charge in [-0.25, -0.2) is 4.98 Å². The maximum Gasteiger partial charge on any atom is 0.272 e. The summed E-state index contributed by atoms with van der Waals surface area (Å²) < 4.78 is 0. The number of alkyl halides is 1. The quantitative estimate of drug-likeness (QED) is 0.770. The van der Waals surface area contributed by atoms with E-state index in [0.717, 1.165) is 6.42 Å². The summed E-state index contributed by atoms with van der Waals surface area (Å²) in [6.07, 6.45) is 2.13. The molecule has 0 radical (unpaired) electrons. The molecule has 0 aliphatic carbocycles. The lowest BCUT2D eigenvalue weighted by molar-refractivity contribution is 0.0788. The fourth-order valence-corrected chi connectivity index (χ4v) is 1.35. The molecule has 90 valence electrons. The van der Waals surface area contributed by atoms with E-state index in [1.807, 2.05) is 13.0 Å². The molecule has 1 aromatic rings. The van der Waals surface area contributed by atoms with Gasteiger partial charge in [-0.1, -0.05) is 0 Å². The molecule has 4 nitrogen and oxygen atoms in total. The van der Waals surface area contributed by atoms with Crippen LogP contribution in [0.25, 0.3) is 0 Å². The molecule has 1 atom stereocenters. The van der Waals surface area contributed by atoms with Crippen molar-refractivity contribution in [2.24, 2.45) is 0 Å². The second-order valence-corrected chi connectivity index (χ2v) is 4.59. The highest BCUT2D eigenvalue weighted by atomic mass is 35.5. The van der Waals surface area contributed by atoms with Crippen molar-refractivity contribution in [2.45, 2.75) is 18.7 Å². The van der Waals surface area contributed by atoms with Crippen molar-refractivity contribution >= 4 is 17.5 Å². The molecule has 0 fully saturated rings. The molecule has 0 spiro atoms. The van der Waals surface area contributed by atoms with Crippen LogP contribution in [0.5, 0.6) is 0 Å². The van der Waals surface area contributed by atoms with Crippen LogP contribution in [0, 0.1) is 11.3 Å². The minimum atomic E-state index is -0.160. The Hall–Kier alpha value is -1.60. The lowest BCUT2D eigenvalue weighted by atomic mass is 10.2. The predicted octanol–water partition coefficient (Wildman–Crippen LogP) is 2.04. The minimum absolute atomic E-state index is 0.0409. The van der Waals surface area contributed by atoms with Gasteiger partial charge in [-0.15, -0.1) is 11.6 Å². The van der Waals surface area contributed by atoms with Crippen LogP contribution in [0.3, 0.4) is 0 Å². The van der Waals surface area contributed by atoms with E-state index in [0.29, 0.717) is 17.8 Å². The second-order valence-electron chi connectivity index (χ2n) is 3.84. The number of nitrogens with zero attached hydrogens (tertiary/aromatic N) is 3. The molecule has 1 heterocycles. The van der Waals surface area contributed by atoms with Gasteiger partial charge < -0.3 is 4.90 Å². The van der Waals surface area contributed by atoms with Crippen LogP contribution in [0.1, 0.15) is 29.4 Å². The van der Waals surface area contributed by atoms with E-state index >= 15 is 0 Å². The van der Waals surface area contributed by atoms with E-state index in [1.54, 1.807) is 24.1 Å². The minimum Gasteiger partial charge on any atom is -0.340 e. The van der Waals surface area contributed by atoms with Crippen molar-refractivity contribution in [3.8, 4) is 6.07 Å². The number of hydrogen-bond acceptors (Lipinski definition) is 3. The van der Waals surface area contributed by atoms with E-state index in [-0.39, 0.29) is 11.3 Å². The van der Waals surface area contributed by atoms with Crippen LogP contribution in [-0.4, -0.2) is 34.8 Å². The third kappa shape index (κ3) is 4.04. The summed E-state index contributed by atoms with van der Waals surface area (Å²) in [6.45, 7) is 2.48. The number of pyridine rings is 1. The molecule has 0 aliphatic rings. The molecule has 0 bridgehead atoms. The summed E-state index contributed by atoms with van der Waals surface area (Å²) in [4.78, 5) is 17.4. The van der Waals surface area contributed by atoms with Gasteiger partial charge in [0.15, 0.2) is 0 Å². The monoisotopic (exact) mass is 251 g/mol. The van der Waals surface area contributed by atoms with Crippen LogP contribution in [-0.2, 0) is 0 Å². The molecule has 0 aliphatic heterocycles. The third-order valence-electron chi connectivity index (χ3n) is 2.32. The van der Waals surface area contributed by atoms with Gasteiger partial charge in [-0.3, -0.25) is 4.79 Å². The van der Waals surface area contributed by atoms with Gasteiger partial charge in [0, 0.05) is 25.2 Å². The normalized spacial score (nSPS) is 11.6. The average Bonchev–Trinajstić information content (AvgIpc) is 2.35. The second kappa shape index (κ2) is 6.21. The van der Waals surface area contributed by atoms with E-state index in [1.165, 1.54) is 6.20 Å². The van der Waals surface area contributed by atoms with Crippen molar-refractivity contribution in [3.63, 3.8) is 0 Å². The summed E-state index contributed by atoms with van der Waals surface area (Å²) in [5.74, 6) is -0.160. The zero-order valence-electron chi connectivity index (χ0n) is 9.85. The van der Waals surface area contributed by atoms with Crippen LogP contribution < -0.4 is 0 Å². The largest absolute Gasteiger partial charge is 0.340 e.